The lowest BCUT2D eigenvalue weighted by molar-refractivity contribution is -0.384. The molecule has 2 heterocycles. The number of carbonyl (C=O) groups excluding carboxylic acids is 3. The van der Waals surface area contributed by atoms with Crippen LogP contribution in [0.3, 0.4) is 0 Å². The van der Waals surface area contributed by atoms with Crippen molar-refractivity contribution in [2.45, 2.75) is 24.9 Å². The van der Waals surface area contributed by atoms with E-state index in [-0.39, 0.29) is 22.6 Å². The van der Waals surface area contributed by atoms with Crippen molar-refractivity contribution in [3.05, 3.63) is 146 Å². The Hall–Kier alpha value is -5.24. The van der Waals surface area contributed by atoms with Gasteiger partial charge in [-0.25, -0.2) is 4.39 Å². The van der Waals surface area contributed by atoms with Gasteiger partial charge in [0.25, 0.3) is 5.69 Å². The van der Waals surface area contributed by atoms with Crippen LogP contribution in [0.15, 0.2) is 97.1 Å². The molecule has 1 fully saturated rings. The normalized spacial score (nSPS) is 21.3. The number of non-ortho nitro benzene ring substituents is 1. The summed E-state index contributed by atoms with van der Waals surface area (Å²) in [5.74, 6) is -2.80. The third-order valence-electron chi connectivity index (χ3n) is 8.81. The second kappa shape index (κ2) is 9.14. The fourth-order valence-corrected chi connectivity index (χ4v) is 7.04. The standard InChI is InChI=1S/C34H23FN2O5/c1-19-9-11-20(12-10-19)31(38)30-29(22-5-4-6-24(18-22)37(41)42)34(32(39)25-7-2-3-8-26(25)33(34)40)28-16-13-21-17-23(35)14-15-27(21)36(28)30/h2-18,28-30H,1H3/t28?,29-,30+/m0/s1. The van der Waals surface area contributed by atoms with Gasteiger partial charge in [0.15, 0.2) is 17.3 Å². The minimum atomic E-state index is -1.80. The fourth-order valence-electron chi connectivity index (χ4n) is 7.04. The Morgan fingerprint density at radius 1 is 0.905 bits per heavy atom. The van der Waals surface area contributed by atoms with Gasteiger partial charge in [0.2, 0.25) is 0 Å². The molecule has 0 radical (unpaired) electrons. The van der Waals surface area contributed by atoms with Gasteiger partial charge in [-0.15, -0.1) is 0 Å². The van der Waals surface area contributed by atoms with E-state index in [0.717, 1.165) is 5.56 Å². The number of hydrogen-bond donors (Lipinski definition) is 0. The van der Waals surface area contributed by atoms with Crippen molar-refractivity contribution >= 4 is 34.8 Å². The lowest BCUT2D eigenvalue weighted by Gasteiger charge is -2.37. The highest BCUT2D eigenvalue weighted by atomic mass is 19.1. The summed E-state index contributed by atoms with van der Waals surface area (Å²) in [5.41, 5.74) is 1.12. The van der Waals surface area contributed by atoms with Crippen molar-refractivity contribution in [1.29, 1.82) is 0 Å². The SMILES string of the molecule is Cc1ccc(C(=O)[C@H]2[C@H](c3cccc([N+](=O)[O-])c3)C3(C(=O)c4ccccc4C3=O)C3C=Cc4cc(F)ccc4N32)cc1. The molecule has 0 aromatic heterocycles. The summed E-state index contributed by atoms with van der Waals surface area (Å²) in [6, 6.07) is 21.5. The quantitative estimate of drug-likeness (QED) is 0.125. The summed E-state index contributed by atoms with van der Waals surface area (Å²) in [5, 5.41) is 11.9. The Morgan fingerprint density at radius 3 is 2.26 bits per heavy atom. The largest absolute Gasteiger partial charge is 0.352 e. The van der Waals surface area contributed by atoms with E-state index in [1.807, 2.05) is 6.92 Å². The number of halogens is 1. The third-order valence-corrected chi connectivity index (χ3v) is 8.81. The molecule has 3 atom stereocenters. The van der Waals surface area contributed by atoms with Gasteiger partial charge in [0.1, 0.15) is 17.3 Å². The number of benzene rings is 4. The molecule has 7 rings (SSSR count). The number of nitro benzene ring substituents is 1. The topological polar surface area (TPSA) is 97.6 Å². The number of anilines is 1. The third kappa shape index (κ3) is 3.41. The zero-order chi connectivity index (χ0) is 29.3. The summed E-state index contributed by atoms with van der Waals surface area (Å²) in [4.78, 5) is 56.9. The van der Waals surface area contributed by atoms with Gasteiger partial charge in [-0.3, -0.25) is 24.5 Å². The van der Waals surface area contributed by atoms with Gasteiger partial charge in [-0.1, -0.05) is 78.4 Å². The molecular formula is C34H23FN2O5. The molecular weight excluding hydrogens is 535 g/mol. The maximum Gasteiger partial charge on any atom is 0.269 e. The first-order valence-corrected chi connectivity index (χ1v) is 13.5. The molecule has 8 heteroatoms. The zero-order valence-corrected chi connectivity index (χ0v) is 22.4. The zero-order valence-electron chi connectivity index (χ0n) is 22.4. The number of nitrogens with zero attached hydrogens (tertiary/aromatic N) is 2. The molecule has 206 valence electrons. The van der Waals surface area contributed by atoms with E-state index in [2.05, 4.69) is 0 Å². The number of carbonyl (C=O) groups is 3. The van der Waals surface area contributed by atoms with Crippen LogP contribution in [0.4, 0.5) is 15.8 Å². The molecule has 0 bridgehead atoms. The van der Waals surface area contributed by atoms with Crippen LogP contribution >= 0.6 is 0 Å². The van der Waals surface area contributed by atoms with E-state index < -0.39 is 45.7 Å². The number of fused-ring (bicyclic) bond motifs is 5. The predicted molar refractivity (Wildman–Crippen MR) is 154 cm³/mol. The van der Waals surface area contributed by atoms with Gasteiger partial charge >= 0.3 is 0 Å². The van der Waals surface area contributed by atoms with Gasteiger partial charge < -0.3 is 4.90 Å². The Bertz CT molecular complexity index is 1840. The van der Waals surface area contributed by atoms with Crippen molar-refractivity contribution in [2.75, 3.05) is 4.90 Å². The molecule has 0 saturated carbocycles. The Kier molecular flexibility index (Phi) is 5.59. The molecule has 2 aliphatic heterocycles. The first-order valence-electron chi connectivity index (χ1n) is 13.5. The molecule has 7 nitrogen and oxygen atoms in total. The van der Waals surface area contributed by atoms with E-state index in [1.54, 1.807) is 77.7 Å². The van der Waals surface area contributed by atoms with Crippen LogP contribution in [0.1, 0.15) is 53.7 Å². The van der Waals surface area contributed by atoms with Crippen molar-refractivity contribution in [1.82, 2.24) is 0 Å². The number of rotatable bonds is 4. The maximum absolute atomic E-state index is 14.6. The van der Waals surface area contributed by atoms with Crippen LogP contribution in [0, 0.1) is 28.3 Å². The summed E-state index contributed by atoms with van der Waals surface area (Å²) < 4.78 is 14.4. The molecule has 42 heavy (non-hydrogen) atoms. The molecule has 1 spiro atoms. The summed E-state index contributed by atoms with van der Waals surface area (Å²) in [7, 11) is 0. The first kappa shape index (κ1) is 25.7. The number of nitro groups is 1. The minimum absolute atomic E-state index is 0.220. The highest BCUT2D eigenvalue weighted by Gasteiger charge is 2.71. The van der Waals surface area contributed by atoms with Crippen LogP contribution in [-0.4, -0.2) is 34.4 Å². The van der Waals surface area contributed by atoms with Gasteiger partial charge in [-0.2, -0.15) is 0 Å². The smallest absolute Gasteiger partial charge is 0.269 e. The summed E-state index contributed by atoms with van der Waals surface area (Å²) in [6.45, 7) is 1.90. The average molecular weight is 559 g/mol. The van der Waals surface area contributed by atoms with E-state index in [4.69, 9.17) is 0 Å². The highest BCUT2D eigenvalue weighted by Crippen LogP contribution is 2.61. The van der Waals surface area contributed by atoms with Crippen LogP contribution < -0.4 is 4.90 Å². The highest BCUT2D eigenvalue weighted by molar-refractivity contribution is 6.32. The molecule has 4 aromatic carbocycles. The number of ketones is 3. The Morgan fingerprint density at radius 2 is 1.60 bits per heavy atom. The lowest BCUT2D eigenvalue weighted by Crippen LogP contribution is -2.48. The van der Waals surface area contributed by atoms with Crippen LogP contribution in [0.2, 0.25) is 0 Å². The van der Waals surface area contributed by atoms with Gasteiger partial charge in [0, 0.05) is 46.0 Å². The second-order valence-electron chi connectivity index (χ2n) is 11.0. The predicted octanol–water partition coefficient (Wildman–Crippen LogP) is 6.36. The molecule has 1 unspecified atom stereocenters. The van der Waals surface area contributed by atoms with Crippen molar-refractivity contribution in [3.63, 3.8) is 0 Å². The minimum Gasteiger partial charge on any atom is -0.352 e. The maximum atomic E-state index is 14.6. The van der Waals surface area contributed by atoms with Crippen molar-refractivity contribution < 1.29 is 23.7 Å². The first-order chi connectivity index (χ1) is 20.2. The van der Waals surface area contributed by atoms with Crippen LogP contribution in [0.5, 0.6) is 0 Å². The molecule has 0 amide bonds. The summed E-state index contributed by atoms with van der Waals surface area (Å²) in [6.07, 6.45) is 3.37. The Labute approximate surface area is 240 Å². The molecule has 1 aliphatic carbocycles. The van der Waals surface area contributed by atoms with Crippen LogP contribution in [-0.2, 0) is 0 Å². The van der Waals surface area contributed by atoms with Gasteiger partial charge in [-0.05, 0) is 30.7 Å². The van der Waals surface area contributed by atoms with Crippen molar-refractivity contribution in [3.8, 4) is 0 Å². The monoisotopic (exact) mass is 558 g/mol. The number of Topliss-reactive ketones (excluding diaryl/α,β-unsaturated/α-hetero) is 3. The van der Waals surface area contributed by atoms with E-state index in [9.17, 15) is 28.9 Å². The van der Waals surface area contributed by atoms with Crippen molar-refractivity contribution in [2.24, 2.45) is 5.41 Å². The molecule has 1 saturated heterocycles. The lowest BCUT2D eigenvalue weighted by atomic mass is 9.64. The average Bonchev–Trinajstić information content (AvgIpc) is 3.43. The second-order valence-corrected chi connectivity index (χ2v) is 11.0. The van der Waals surface area contributed by atoms with Gasteiger partial charge in [0.05, 0.1) is 11.0 Å². The van der Waals surface area contributed by atoms with E-state index in [1.165, 1.54) is 30.3 Å². The fraction of sp³-hybridized carbons (Fsp3) is 0.147. The molecule has 3 aliphatic rings. The number of hydrogen-bond acceptors (Lipinski definition) is 6. The number of aryl methyl sites for hydroxylation is 1. The summed E-state index contributed by atoms with van der Waals surface area (Å²) >= 11 is 0. The Balaban J connectivity index is 1.56. The van der Waals surface area contributed by atoms with E-state index >= 15 is 0 Å². The van der Waals surface area contributed by atoms with E-state index in [0.29, 0.717) is 22.4 Å². The molecule has 4 aromatic rings. The van der Waals surface area contributed by atoms with Crippen LogP contribution in [0.25, 0.3) is 6.08 Å². The molecule has 0 N–H and O–H groups in total.